The molecule has 0 aliphatic carbocycles. The maximum absolute atomic E-state index is 6.10. The van der Waals surface area contributed by atoms with E-state index in [4.69, 9.17) is 27.9 Å². The van der Waals surface area contributed by atoms with E-state index in [-0.39, 0.29) is 0 Å². The van der Waals surface area contributed by atoms with Gasteiger partial charge in [0.1, 0.15) is 5.69 Å². The second-order valence-electron chi connectivity index (χ2n) is 5.16. The van der Waals surface area contributed by atoms with Gasteiger partial charge in [-0.05, 0) is 30.7 Å². The first-order valence-electron chi connectivity index (χ1n) is 7.50. The van der Waals surface area contributed by atoms with Crippen LogP contribution in [0.25, 0.3) is 22.4 Å². The van der Waals surface area contributed by atoms with Crippen molar-refractivity contribution in [3.8, 4) is 11.4 Å². The first kappa shape index (κ1) is 16.9. The number of halogens is 2. The second kappa shape index (κ2) is 7.75. The molecule has 0 atom stereocenters. The normalized spacial score (nSPS) is 11.0. The minimum atomic E-state index is 0.450. The van der Waals surface area contributed by atoms with Gasteiger partial charge in [-0.1, -0.05) is 29.3 Å². The van der Waals surface area contributed by atoms with Crippen molar-refractivity contribution in [2.24, 2.45) is 0 Å². The number of hydrogen-bond acceptors (Lipinski definition) is 5. The number of benzene rings is 1. The molecule has 0 radical (unpaired) electrons. The van der Waals surface area contributed by atoms with Crippen LogP contribution in [-0.2, 0) is 4.74 Å². The number of fused-ring (bicyclic) bond motifs is 1. The fraction of sp³-hybridized carbons (Fsp3) is 0.235. The maximum Gasteiger partial charge on any atom is 0.155 e. The Morgan fingerprint density at radius 2 is 1.83 bits per heavy atom. The molecule has 0 fully saturated rings. The minimum absolute atomic E-state index is 0.450. The summed E-state index contributed by atoms with van der Waals surface area (Å²) in [5, 5.41) is 4.21. The van der Waals surface area contributed by atoms with Crippen LogP contribution in [0.5, 0.6) is 0 Å². The van der Waals surface area contributed by atoms with E-state index >= 15 is 0 Å². The van der Waals surface area contributed by atoms with Crippen molar-refractivity contribution in [2.45, 2.75) is 6.42 Å². The summed E-state index contributed by atoms with van der Waals surface area (Å²) in [4.78, 5) is 13.7. The van der Waals surface area contributed by atoms with Crippen LogP contribution in [0.4, 0.5) is 5.82 Å². The molecule has 0 spiro atoms. The van der Waals surface area contributed by atoms with Gasteiger partial charge in [-0.3, -0.25) is 4.98 Å². The molecule has 0 saturated carbocycles. The molecule has 0 bridgehead atoms. The van der Waals surface area contributed by atoms with E-state index in [1.54, 1.807) is 25.4 Å². The molecule has 0 saturated heterocycles. The lowest BCUT2D eigenvalue weighted by molar-refractivity contribution is 0.198. The quantitative estimate of drug-likeness (QED) is 0.656. The number of rotatable bonds is 6. The van der Waals surface area contributed by atoms with Crippen LogP contribution in [-0.4, -0.2) is 35.2 Å². The molecule has 1 aromatic carbocycles. The predicted molar refractivity (Wildman–Crippen MR) is 97.8 cm³/mol. The summed E-state index contributed by atoms with van der Waals surface area (Å²) in [6, 6.07) is 9.11. The van der Waals surface area contributed by atoms with E-state index in [1.165, 1.54) is 0 Å². The van der Waals surface area contributed by atoms with Crippen molar-refractivity contribution in [1.82, 2.24) is 15.0 Å². The molecule has 3 aromatic rings. The standard InChI is InChI=1S/C17H16Cl2N4O/c1-24-8-4-7-21-17-16(13-5-2-3-6-20-13)22-14-9-11(18)12(19)10-15(14)23-17/h2-3,5-6,9-10H,4,7-8H2,1H3,(H,21,23). The van der Waals surface area contributed by atoms with E-state index in [1.807, 2.05) is 18.2 Å². The van der Waals surface area contributed by atoms with Gasteiger partial charge in [-0.15, -0.1) is 0 Å². The highest BCUT2D eigenvalue weighted by molar-refractivity contribution is 6.42. The Morgan fingerprint density at radius 1 is 1.08 bits per heavy atom. The highest BCUT2D eigenvalue weighted by atomic mass is 35.5. The summed E-state index contributed by atoms with van der Waals surface area (Å²) in [6.07, 6.45) is 2.59. The Balaban J connectivity index is 2.05. The third-order valence-corrected chi connectivity index (χ3v) is 4.15. The monoisotopic (exact) mass is 362 g/mol. The summed E-state index contributed by atoms with van der Waals surface area (Å²) in [7, 11) is 1.68. The van der Waals surface area contributed by atoms with Gasteiger partial charge >= 0.3 is 0 Å². The van der Waals surface area contributed by atoms with Crippen molar-refractivity contribution >= 4 is 40.1 Å². The lowest BCUT2D eigenvalue weighted by Crippen LogP contribution is -2.08. The molecule has 5 nitrogen and oxygen atoms in total. The Kier molecular flexibility index (Phi) is 5.45. The number of aromatic nitrogens is 3. The fourth-order valence-corrected chi connectivity index (χ4v) is 2.60. The van der Waals surface area contributed by atoms with Gasteiger partial charge in [0, 0.05) is 26.5 Å². The van der Waals surface area contributed by atoms with Crippen molar-refractivity contribution in [1.29, 1.82) is 0 Å². The van der Waals surface area contributed by atoms with Gasteiger partial charge in [0.05, 0.1) is 26.8 Å². The fourth-order valence-electron chi connectivity index (χ4n) is 2.28. The van der Waals surface area contributed by atoms with Crippen LogP contribution in [0.15, 0.2) is 36.5 Å². The number of nitrogens with one attached hydrogen (secondary N) is 1. The molecule has 2 heterocycles. The smallest absolute Gasteiger partial charge is 0.155 e. The van der Waals surface area contributed by atoms with Gasteiger partial charge in [0.15, 0.2) is 5.82 Å². The lowest BCUT2D eigenvalue weighted by Gasteiger charge is -2.12. The number of methoxy groups -OCH3 is 1. The van der Waals surface area contributed by atoms with Gasteiger partial charge in [0.2, 0.25) is 0 Å². The summed E-state index contributed by atoms with van der Waals surface area (Å²) in [6.45, 7) is 1.39. The summed E-state index contributed by atoms with van der Waals surface area (Å²) < 4.78 is 5.07. The maximum atomic E-state index is 6.10. The molecule has 0 aliphatic heterocycles. The van der Waals surface area contributed by atoms with Gasteiger partial charge in [-0.2, -0.15) is 0 Å². The highest BCUT2D eigenvalue weighted by Crippen LogP contribution is 2.30. The number of ether oxygens (including phenoxy) is 1. The Morgan fingerprint density at radius 3 is 2.50 bits per heavy atom. The molecule has 0 unspecified atom stereocenters. The molecule has 3 rings (SSSR count). The molecule has 0 amide bonds. The summed E-state index contributed by atoms with van der Waals surface area (Å²) in [5.74, 6) is 0.663. The zero-order valence-corrected chi connectivity index (χ0v) is 14.6. The van der Waals surface area contributed by atoms with E-state index in [0.717, 1.165) is 18.7 Å². The van der Waals surface area contributed by atoms with Crippen molar-refractivity contribution in [3.63, 3.8) is 0 Å². The first-order valence-corrected chi connectivity index (χ1v) is 8.25. The van der Waals surface area contributed by atoms with Crippen LogP contribution >= 0.6 is 23.2 Å². The zero-order valence-electron chi connectivity index (χ0n) is 13.1. The molecule has 0 aliphatic rings. The number of hydrogen-bond donors (Lipinski definition) is 1. The summed E-state index contributed by atoms with van der Waals surface area (Å²) in [5.41, 5.74) is 2.77. The first-order chi connectivity index (χ1) is 11.7. The van der Waals surface area contributed by atoms with Crippen molar-refractivity contribution < 1.29 is 4.74 Å². The molecular weight excluding hydrogens is 347 g/mol. The number of anilines is 1. The van der Waals surface area contributed by atoms with E-state index in [9.17, 15) is 0 Å². The van der Waals surface area contributed by atoms with Crippen LogP contribution in [0.1, 0.15) is 6.42 Å². The Hall–Kier alpha value is -1.95. The van der Waals surface area contributed by atoms with Gasteiger partial charge in [-0.25, -0.2) is 9.97 Å². The molecular formula is C17H16Cl2N4O. The van der Waals surface area contributed by atoms with Crippen LogP contribution < -0.4 is 5.32 Å². The van der Waals surface area contributed by atoms with Crippen molar-refractivity contribution in [2.75, 3.05) is 25.6 Å². The highest BCUT2D eigenvalue weighted by Gasteiger charge is 2.13. The third kappa shape index (κ3) is 3.75. The third-order valence-electron chi connectivity index (χ3n) is 3.43. The van der Waals surface area contributed by atoms with E-state index in [0.29, 0.717) is 39.2 Å². The van der Waals surface area contributed by atoms with E-state index < -0.39 is 0 Å². The van der Waals surface area contributed by atoms with E-state index in [2.05, 4.69) is 20.3 Å². The SMILES string of the molecule is COCCCNc1nc2cc(Cl)c(Cl)cc2nc1-c1ccccn1. The van der Waals surface area contributed by atoms with Gasteiger partial charge < -0.3 is 10.1 Å². The molecule has 2 aromatic heterocycles. The van der Waals surface area contributed by atoms with Crippen molar-refractivity contribution in [3.05, 3.63) is 46.6 Å². The lowest BCUT2D eigenvalue weighted by atomic mass is 10.2. The second-order valence-corrected chi connectivity index (χ2v) is 5.98. The van der Waals surface area contributed by atoms with Crippen LogP contribution in [0, 0.1) is 0 Å². The van der Waals surface area contributed by atoms with Crippen LogP contribution in [0.2, 0.25) is 10.0 Å². The molecule has 7 heteroatoms. The van der Waals surface area contributed by atoms with Gasteiger partial charge in [0.25, 0.3) is 0 Å². The number of nitrogens with zero attached hydrogens (tertiary/aromatic N) is 3. The van der Waals surface area contributed by atoms with Crippen LogP contribution in [0.3, 0.4) is 0 Å². The minimum Gasteiger partial charge on any atom is -0.385 e. The Bertz CT molecular complexity index is 843. The number of pyridine rings is 1. The molecule has 24 heavy (non-hydrogen) atoms. The average Bonchev–Trinajstić information content (AvgIpc) is 2.60. The Labute approximate surface area is 150 Å². The molecule has 1 N–H and O–H groups in total. The topological polar surface area (TPSA) is 59.9 Å². The molecule has 124 valence electrons. The predicted octanol–water partition coefficient (Wildman–Crippen LogP) is 4.45. The largest absolute Gasteiger partial charge is 0.385 e. The summed E-state index contributed by atoms with van der Waals surface area (Å²) >= 11 is 12.2. The average molecular weight is 363 g/mol. The zero-order chi connectivity index (χ0) is 16.9.